The summed E-state index contributed by atoms with van der Waals surface area (Å²) < 4.78 is 12.9. The molecule has 0 amide bonds. The van der Waals surface area contributed by atoms with Crippen LogP contribution in [-0.2, 0) is 9.16 Å². The lowest BCUT2D eigenvalue weighted by molar-refractivity contribution is -0.112. The van der Waals surface area contributed by atoms with Crippen molar-refractivity contribution < 1.29 is 9.16 Å². The zero-order chi connectivity index (χ0) is 15.6. The van der Waals surface area contributed by atoms with E-state index >= 15 is 0 Å². The van der Waals surface area contributed by atoms with Crippen LogP contribution in [-0.4, -0.2) is 25.6 Å². The number of hydrogen-bond donors (Lipinski definition) is 0. The molecular formula is C17H34O2Si. The van der Waals surface area contributed by atoms with Gasteiger partial charge in [0.05, 0.1) is 17.3 Å². The Morgan fingerprint density at radius 1 is 1.35 bits per heavy atom. The molecule has 0 aromatic heterocycles. The van der Waals surface area contributed by atoms with Crippen molar-refractivity contribution in [3.8, 4) is 0 Å². The van der Waals surface area contributed by atoms with Crippen LogP contribution in [0.5, 0.6) is 0 Å². The van der Waals surface area contributed by atoms with Crippen LogP contribution in [0.4, 0.5) is 0 Å². The molecule has 0 N–H and O–H groups in total. The van der Waals surface area contributed by atoms with Crippen molar-refractivity contribution in [3.63, 3.8) is 0 Å². The first-order valence-corrected chi connectivity index (χ1v) is 11.4. The highest BCUT2D eigenvalue weighted by Crippen LogP contribution is 2.40. The zero-order valence-corrected chi connectivity index (χ0v) is 15.8. The molecule has 0 unspecified atom stereocenters. The summed E-state index contributed by atoms with van der Waals surface area (Å²) >= 11 is 0. The summed E-state index contributed by atoms with van der Waals surface area (Å²) in [6, 6.07) is 0. The summed E-state index contributed by atoms with van der Waals surface area (Å²) in [5.41, 5.74) is 1.24. The Bertz CT molecular complexity index is 350. The van der Waals surface area contributed by atoms with Crippen molar-refractivity contribution in [1.82, 2.24) is 0 Å². The third kappa shape index (κ3) is 5.70. The second kappa shape index (κ2) is 6.33. The molecule has 0 bridgehead atoms. The first kappa shape index (κ1) is 17.9. The molecule has 118 valence electrons. The third-order valence-electron chi connectivity index (χ3n) is 3.88. The van der Waals surface area contributed by atoms with E-state index in [4.69, 9.17) is 9.16 Å². The second-order valence-electron chi connectivity index (χ2n) is 8.25. The number of hydrogen-bond acceptors (Lipinski definition) is 2. The lowest BCUT2D eigenvalue weighted by Gasteiger charge is -2.41. The van der Waals surface area contributed by atoms with E-state index in [1.54, 1.807) is 0 Å². The minimum atomic E-state index is -1.58. The number of ether oxygens (including phenoxy) is 1. The molecule has 0 aromatic rings. The quantitative estimate of drug-likeness (QED) is 0.489. The molecule has 1 heterocycles. The first-order chi connectivity index (χ1) is 8.94. The Hall–Kier alpha value is -0.123. The zero-order valence-electron chi connectivity index (χ0n) is 14.8. The summed E-state index contributed by atoms with van der Waals surface area (Å²) in [6.45, 7) is 17.8. The fraction of sp³-hybridized carbons (Fsp3) is 0.882. The van der Waals surface area contributed by atoms with Gasteiger partial charge in [-0.3, -0.25) is 0 Å². The van der Waals surface area contributed by atoms with Crippen molar-refractivity contribution in [1.29, 1.82) is 0 Å². The maximum atomic E-state index is 6.57. The second-order valence-corrected chi connectivity index (χ2v) is 12.7. The minimum Gasteiger partial charge on any atom is -0.410 e. The van der Waals surface area contributed by atoms with E-state index in [2.05, 4.69) is 60.3 Å². The van der Waals surface area contributed by atoms with Gasteiger partial charge in [-0.1, -0.05) is 11.6 Å². The van der Waals surface area contributed by atoms with Crippen LogP contribution in [0.25, 0.3) is 0 Å². The van der Waals surface area contributed by atoms with Gasteiger partial charge in [-0.25, -0.2) is 0 Å². The Kier molecular flexibility index (Phi) is 5.67. The average Bonchev–Trinajstić information content (AvgIpc) is 2.56. The highest BCUT2D eigenvalue weighted by molar-refractivity contribution is 6.69. The number of rotatable bonds is 6. The Morgan fingerprint density at radius 2 is 1.95 bits per heavy atom. The van der Waals surface area contributed by atoms with Crippen LogP contribution in [0, 0.1) is 0 Å². The van der Waals surface area contributed by atoms with Gasteiger partial charge in [-0.15, -0.1) is 0 Å². The van der Waals surface area contributed by atoms with E-state index in [9.17, 15) is 0 Å². The Labute approximate surface area is 127 Å². The molecule has 0 aromatic carbocycles. The molecule has 20 heavy (non-hydrogen) atoms. The van der Waals surface area contributed by atoms with Crippen LogP contribution >= 0.6 is 0 Å². The summed E-state index contributed by atoms with van der Waals surface area (Å²) in [7, 11) is -1.58. The van der Waals surface area contributed by atoms with Crippen LogP contribution in [0.3, 0.4) is 0 Å². The minimum absolute atomic E-state index is 0.00520. The van der Waals surface area contributed by atoms with Crippen LogP contribution in [0.2, 0.25) is 19.6 Å². The van der Waals surface area contributed by atoms with Gasteiger partial charge in [0.2, 0.25) is 0 Å². The van der Waals surface area contributed by atoms with Gasteiger partial charge in [0.1, 0.15) is 0 Å². The average molecular weight is 299 g/mol. The van der Waals surface area contributed by atoms with Crippen molar-refractivity contribution in [2.75, 3.05) is 0 Å². The normalized spacial score (nSPS) is 25.3. The van der Waals surface area contributed by atoms with E-state index in [0.29, 0.717) is 0 Å². The highest BCUT2D eigenvalue weighted by Gasteiger charge is 2.45. The first-order valence-electron chi connectivity index (χ1n) is 7.95. The van der Waals surface area contributed by atoms with E-state index in [1.807, 2.05) is 0 Å². The van der Waals surface area contributed by atoms with Gasteiger partial charge in [0.15, 0.2) is 8.32 Å². The summed E-state index contributed by atoms with van der Waals surface area (Å²) in [5.74, 6) is 0. The molecule has 1 rings (SSSR count). The van der Waals surface area contributed by atoms with Gasteiger partial charge >= 0.3 is 0 Å². The molecule has 1 aliphatic heterocycles. The molecule has 2 atom stereocenters. The van der Waals surface area contributed by atoms with Crippen LogP contribution in [0.15, 0.2) is 11.6 Å². The monoisotopic (exact) mass is 298 g/mol. The van der Waals surface area contributed by atoms with Crippen LogP contribution in [0.1, 0.15) is 60.3 Å². The van der Waals surface area contributed by atoms with Gasteiger partial charge in [-0.2, -0.15) is 0 Å². The van der Waals surface area contributed by atoms with Crippen molar-refractivity contribution >= 4 is 8.32 Å². The van der Waals surface area contributed by atoms with Crippen molar-refractivity contribution in [2.24, 2.45) is 0 Å². The van der Waals surface area contributed by atoms with Crippen molar-refractivity contribution in [2.45, 2.75) is 97.2 Å². The fourth-order valence-electron chi connectivity index (χ4n) is 3.04. The summed E-state index contributed by atoms with van der Waals surface area (Å²) in [4.78, 5) is 0. The molecule has 0 aliphatic carbocycles. The highest BCUT2D eigenvalue weighted by atomic mass is 28.4. The molecular weight excluding hydrogens is 264 g/mol. The standard InChI is InChI=1S/C17H34O2Si/c1-14(2)10-9-12-17(5,19-20(6,7)8)15-11-13-16(3,4)18-15/h10,15H,9,11-13H2,1-8H3/t15-,17+/m0/s1. The molecule has 0 spiro atoms. The Morgan fingerprint density at radius 3 is 2.35 bits per heavy atom. The van der Waals surface area contributed by atoms with Gasteiger partial charge in [0, 0.05) is 0 Å². The predicted molar refractivity (Wildman–Crippen MR) is 89.7 cm³/mol. The van der Waals surface area contributed by atoms with E-state index in [0.717, 1.165) is 25.7 Å². The third-order valence-corrected chi connectivity index (χ3v) is 4.96. The smallest absolute Gasteiger partial charge is 0.184 e. The van der Waals surface area contributed by atoms with Crippen LogP contribution < -0.4 is 0 Å². The van der Waals surface area contributed by atoms with E-state index in [-0.39, 0.29) is 17.3 Å². The molecule has 0 saturated carbocycles. The molecule has 0 radical (unpaired) electrons. The maximum Gasteiger partial charge on any atom is 0.184 e. The maximum absolute atomic E-state index is 6.57. The summed E-state index contributed by atoms with van der Waals surface area (Å²) in [6.07, 6.45) is 6.90. The lowest BCUT2D eigenvalue weighted by Crippen LogP contribution is -2.49. The molecule has 3 heteroatoms. The predicted octanol–water partition coefficient (Wildman–Crippen LogP) is 5.30. The fourth-order valence-corrected chi connectivity index (χ4v) is 4.67. The van der Waals surface area contributed by atoms with E-state index < -0.39 is 8.32 Å². The van der Waals surface area contributed by atoms with Gasteiger partial charge in [-0.05, 0) is 79.9 Å². The largest absolute Gasteiger partial charge is 0.410 e. The van der Waals surface area contributed by atoms with Crippen molar-refractivity contribution in [3.05, 3.63) is 11.6 Å². The Balaban J connectivity index is 2.81. The lowest BCUT2D eigenvalue weighted by atomic mass is 9.90. The van der Waals surface area contributed by atoms with Gasteiger partial charge in [0.25, 0.3) is 0 Å². The molecule has 1 fully saturated rings. The summed E-state index contributed by atoms with van der Waals surface area (Å²) in [5, 5.41) is 0. The molecule has 1 aliphatic rings. The molecule has 2 nitrogen and oxygen atoms in total. The van der Waals surface area contributed by atoms with Gasteiger partial charge < -0.3 is 9.16 Å². The topological polar surface area (TPSA) is 18.5 Å². The molecule has 1 saturated heterocycles. The van der Waals surface area contributed by atoms with E-state index in [1.165, 1.54) is 5.57 Å². The SMILES string of the molecule is CC(C)=CCC[C@@](C)(O[Si](C)(C)C)[C@@H]1CCC(C)(C)O1. The number of allylic oxidation sites excluding steroid dienone is 2.